The van der Waals surface area contributed by atoms with Crippen molar-refractivity contribution in [1.29, 1.82) is 0 Å². The van der Waals surface area contributed by atoms with E-state index in [2.05, 4.69) is 15.8 Å². The van der Waals surface area contributed by atoms with Crippen LogP contribution in [0.5, 0.6) is 0 Å². The van der Waals surface area contributed by atoms with Gasteiger partial charge in [0.2, 0.25) is 10.0 Å². The molecule has 2 N–H and O–H groups in total. The predicted molar refractivity (Wildman–Crippen MR) is 92.5 cm³/mol. The molecule has 2 aromatic rings. The fourth-order valence-electron chi connectivity index (χ4n) is 2.88. The summed E-state index contributed by atoms with van der Waals surface area (Å²) < 4.78 is 27.6. The van der Waals surface area contributed by atoms with E-state index < -0.39 is 10.0 Å². The molecule has 122 valence electrons. The first-order chi connectivity index (χ1) is 10.6. The summed E-state index contributed by atoms with van der Waals surface area (Å²) in [4.78, 5) is 3.22. The van der Waals surface area contributed by atoms with Crippen molar-refractivity contribution < 1.29 is 8.42 Å². The highest BCUT2D eigenvalue weighted by molar-refractivity contribution is 7.90. The molecule has 1 aromatic carbocycles. The second-order valence-electron chi connectivity index (χ2n) is 5.75. The zero-order valence-corrected chi connectivity index (χ0v) is 14.2. The first-order valence-corrected chi connectivity index (χ1v) is 9.66. The zero-order chi connectivity index (χ0) is 16.0. The van der Waals surface area contributed by atoms with Crippen LogP contribution in [-0.4, -0.2) is 25.2 Å². The van der Waals surface area contributed by atoms with E-state index in [0.29, 0.717) is 13.0 Å². The zero-order valence-electron chi connectivity index (χ0n) is 13.4. The number of hydrogen-bond acceptors (Lipinski definition) is 2. The third-order valence-electron chi connectivity index (χ3n) is 4.03. The van der Waals surface area contributed by atoms with Crippen LogP contribution in [0.25, 0.3) is 10.9 Å². The molecule has 0 aliphatic rings. The SMILES string of the molecule is CCCC(CCC)S(=O)(=O)NCCc1c[nH]c2ccccc12. The van der Waals surface area contributed by atoms with E-state index in [-0.39, 0.29) is 5.25 Å². The Morgan fingerprint density at radius 3 is 2.50 bits per heavy atom. The quantitative estimate of drug-likeness (QED) is 0.741. The molecule has 4 nitrogen and oxygen atoms in total. The summed E-state index contributed by atoms with van der Waals surface area (Å²) in [6.45, 7) is 4.52. The average molecular weight is 322 g/mol. The van der Waals surface area contributed by atoms with Crippen molar-refractivity contribution >= 4 is 20.9 Å². The topological polar surface area (TPSA) is 62.0 Å². The molecule has 1 aromatic heterocycles. The maximum Gasteiger partial charge on any atom is 0.214 e. The van der Waals surface area contributed by atoms with Gasteiger partial charge in [-0.3, -0.25) is 0 Å². The number of hydrogen-bond donors (Lipinski definition) is 2. The van der Waals surface area contributed by atoms with Crippen LogP contribution in [0.15, 0.2) is 30.5 Å². The van der Waals surface area contributed by atoms with Gasteiger partial charge in [0.1, 0.15) is 0 Å². The molecule has 2 rings (SSSR count). The van der Waals surface area contributed by atoms with Crippen LogP contribution >= 0.6 is 0 Å². The normalized spacial score (nSPS) is 12.3. The third kappa shape index (κ3) is 4.11. The molecule has 0 radical (unpaired) electrons. The Bertz CT molecular complexity index is 686. The van der Waals surface area contributed by atoms with Crippen molar-refractivity contribution in [2.45, 2.75) is 51.2 Å². The van der Waals surface area contributed by atoms with Crippen LogP contribution in [0.2, 0.25) is 0 Å². The number of rotatable bonds is 9. The predicted octanol–water partition coefficient (Wildman–Crippen LogP) is 3.60. The van der Waals surface area contributed by atoms with Crippen LogP contribution in [0.1, 0.15) is 45.1 Å². The average Bonchev–Trinajstić information content (AvgIpc) is 2.90. The van der Waals surface area contributed by atoms with E-state index in [0.717, 1.165) is 36.8 Å². The van der Waals surface area contributed by atoms with E-state index in [1.807, 2.05) is 38.2 Å². The number of para-hydroxylation sites is 1. The Morgan fingerprint density at radius 2 is 1.82 bits per heavy atom. The Labute approximate surface area is 133 Å². The monoisotopic (exact) mass is 322 g/mol. The van der Waals surface area contributed by atoms with Gasteiger partial charge in [-0.25, -0.2) is 13.1 Å². The number of benzene rings is 1. The van der Waals surface area contributed by atoms with Crippen LogP contribution in [0, 0.1) is 0 Å². The van der Waals surface area contributed by atoms with Crippen LogP contribution in [0.3, 0.4) is 0 Å². The summed E-state index contributed by atoms with van der Waals surface area (Å²) in [5.74, 6) is 0. The summed E-state index contributed by atoms with van der Waals surface area (Å²) in [7, 11) is -3.21. The van der Waals surface area contributed by atoms with Crippen molar-refractivity contribution in [3.8, 4) is 0 Å². The van der Waals surface area contributed by atoms with Gasteiger partial charge >= 0.3 is 0 Å². The van der Waals surface area contributed by atoms with Crippen molar-refractivity contribution in [3.63, 3.8) is 0 Å². The lowest BCUT2D eigenvalue weighted by atomic mass is 10.1. The number of sulfonamides is 1. The molecule has 0 atom stereocenters. The molecular weight excluding hydrogens is 296 g/mol. The van der Waals surface area contributed by atoms with E-state index in [1.54, 1.807) is 0 Å². The smallest absolute Gasteiger partial charge is 0.214 e. The first kappa shape index (κ1) is 17.0. The van der Waals surface area contributed by atoms with Gasteiger partial charge in [-0.1, -0.05) is 44.9 Å². The van der Waals surface area contributed by atoms with Crippen molar-refractivity contribution in [1.82, 2.24) is 9.71 Å². The molecule has 22 heavy (non-hydrogen) atoms. The molecule has 0 aliphatic heterocycles. The van der Waals surface area contributed by atoms with Crippen molar-refractivity contribution in [2.75, 3.05) is 6.54 Å². The van der Waals surface area contributed by atoms with Gasteiger partial charge in [0.25, 0.3) is 0 Å². The number of aromatic amines is 1. The largest absolute Gasteiger partial charge is 0.361 e. The van der Waals surface area contributed by atoms with Crippen LogP contribution in [-0.2, 0) is 16.4 Å². The standard InChI is InChI=1S/C17H26N2O2S/c1-3-7-15(8-4-2)22(20,21)19-12-11-14-13-18-17-10-6-5-9-16(14)17/h5-6,9-10,13,15,18-19H,3-4,7-8,11-12H2,1-2H3. The number of fused-ring (bicyclic) bond motifs is 1. The maximum absolute atomic E-state index is 12.4. The minimum atomic E-state index is -3.21. The summed E-state index contributed by atoms with van der Waals surface area (Å²) in [6, 6.07) is 8.09. The molecule has 0 unspecified atom stereocenters. The summed E-state index contributed by atoms with van der Waals surface area (Å²) in [5.41, 5.74) is 2.25. The molecule has 0 aliphatic carbocycles. The summed E-state index contributed by atoms with van der Waals surface area (Å²) in [6.07, 6.45) is 5.93. The summed E-state index contributed by atoms with van der Waals surface area (Å²) in [5, 5.41) is 0.908. The van der Waals surface area contributed by atoms with Gasteiger partial charge in [-0.2, -0.15) is 0 Å². The van der Waals surface area contributed by atoms with E-state index in [9.17, 15) is 8.42 Å². The van der Waals surface area contributed by atoms with Gasteiger partial charge < -0.3 is 4.98 Å². The second kappa shape index (κ2) is 7.79. The Balaban J connectivity index is 1.97. The van der Waals surface area contributed by atoms with Crippen molar-refractivity contribution in [3.05, 3.63) is 36.0 Å². The molecule has 5 heteroatoms. The Morgan fingerprint density at radius 1 is 1.14 bits per heavy atom. The van der Waals surface area contributed by atoms with Gasteiger partial charge in [0.15, 0.2) is 0 Å². The van der Waals surface area contributed by atoms with Crippen LogP contribution in [0.4, 0.5) is 0 Å². The van der Waals surface area contributed by atoms with Crippen LogP contribution < -0.4 is 4.72 Å². The lowest BCUT2D eigenvalue weighted by Gasteiger charge is -2.16. The van der Waals surface area contributed by atoms with E-state index in [4.69, 9.17) is 0 Å². The Kier molecular flexibility index (Phi) is 6.03. The van der Waals surface area contributed by atoms with Gasteiger partial charge in [-0.05, 0) is 30.9 Å². The molecule has 1 heterocycles. The molecular formula is C17H26N2O2S. The lowest BCUT2D eigenvalue weighted by molar-refractivity contribution is 0.541. The molecule has 0 saturated carbocycles. The van der Waals surface area contributed by atoms with E-state index in [1.165, 1.54) is 5.39 Å². The Hall–Kier alpha value is -1.33. The van der Waals surface area contributed by atoms with Gasteiger partial charge in [-0.15, -0.1) is 0 Å². The molecule has 0 amide bonds. The molecule has 0 saturated heterocycles. The molecule has 0 bridgehead atoms. The maximum atomic E-state index is 12.4. The number of nitrogens with one attached hydrogen (secondary N) is 2. The third-order valence-corrected chi connectivity index (χ3v) is 5.99. The molecule has 0 spiro atoms. The number of aromatic nitrogens is 1. The summed E-state index contributed by atoms with van der Waals surface area (Å²) >= 11 is 0. The van der Waals surface area contributed by atoms with Crippen molar-refractivity contribution in [2.24, 2.45) is 0 Å². The second-order valence-corrected chi connectivity index (χ2v) is 7.79. The fourth-order valence-corrected chi connectivity index (χ4v) is 4.60. The minimum Gasteiger partial charge on any atom is -0.361 e. The highest BCUT2D eigenvalue weighted by Gasteiger charge is 2.23. The molecule has 0 fully saturated rings. The first-order valence-electron chi connectivity index (χ1n) is 8.12. The number of H-pyrrole nitrogens is 1. The van der Waals surface area contributed by atoms with E-state index >= 15 is 0 Å². The highest BCUT2D eigenvalue weighted by atomic mass is 32.2. The fraction of sp³-hybridized carbons (Fsp3) is 0.529. The van der Waals surface area contributed by atoms with Gasteiger partial charge in [0.05, 0.1) is 5.25 Å². The minimum absolute atomic E-state index is 0.259. The highest BCUT2D eigenvalue weighted by Crippen LogP contribution is 2.18. The van der Waals surface area contributed by atoms with Gasteiger partial charge in [0, 0.05) is 23.6 Å². The lowest BCUT2D eigenvalue weighted by Crippen LogP contribution is -2.35.